The molecule has 3 N–H and O–H groups in total. The SMILES string of the molecule is CC(C)C[C@@H]1NC(=O)C2(CCCCOCCCNC1=O)CCNCC2. The Balaban J connectivity index is 2.12. The molecule has 0 unspecified atom stereocenters. The van der Waals surface area contributed by atoms with E-state index in [-0.39, 0.29) is 17.2 Å². The van der Waals surface area contributed by atoms with Crippen molar-refractivity contribution in [3.63, 3.8) is 0 Å². The maximum absolute atomic E-state index is 13.1. The van der Waals surface area contributed by atoms with Crippen molar-refractivity contribution < 1.29 is 14.3 Å². The maximum Gasteiger partial charge on any atom is 0.242 e. The second kappa shape index (κ2) is 10.1. The average molecular weight is 354 g/mol. The number of carbonyl (C=O) groups excluding carboxylic acids is 2. The Labute approximate surface area is 151 Å². The first-order chi connectivity index (χ1) is 12.0. The predicted octanol–water partition coefficient (Wildman–Crippen LogP) is 1.59. The molecule has 6 heteroatoms. The molecular weight excluding hydrogens is 318 g/mol. The van der Waals surface area contributed by atoms with E-state index in [1.807, 2.05) is 0 Å². The minimum Gasteiger partial charge on any atom is -0.381 e. The highest BCUT2D eigenvalue weighted by Gasteiger charge is 2.40. The fourth-order valence-corrected chi connectivity index (χ4v) is 3.79. The molecule has 144 valence electrons. The van der Waals surface area contributed by atoms with Crippen LogP contribution in [0.25, 0.3) is 0 Å². The molecule has 0 aromatic rings. The molecule has 2 aliphatic heterocycles. The van der Waals surface area contributed by atoms with Crippen LogP contribution in [0.15, 0.2) is 0 Å². The van der Waals surface area contributed by atoms with Crippen LogP contribution >= 0.6 is 0 Å². The molecular formula is C19H35N3O3. The Hall–Kier alpha value is -1.14. The molecule has 2 aliphatic rings. The Morgan fingerprint density at radius 3 is 2.48 bits per heavy atom. The molecule has 1 atom stereocenters. The molecule has 0 aromatic heterocycles. The molecule has 2 saturated heterocycles. The van der Waals surface area contributed by atoms with Gasteiger partial charge in [-0.05, 0) is 57.5 Å². The first-order valence-corrected chi connectivity index (χ1v) is 9.91. The molecule has 2 heterocycles. The summed E-state index contributed by atoms with van der Waals surface area (Å²) in [6.07, 6.45) is 6.02. The van der Waals surface area contributed by atoms with Gasteiger partial charge in [0, 0.05) is 19.8 Å². The molecule has 6 nitrogen and oxygen atoms in total. The van der Waals surface area contributed by atoms with Crippen molar-refractivity contribution >= 4 is 11.8 Å². The lowest BCUT2D eigenvalue weighted by Crippen LogP contribution is -2.54. The second-order valence-corrected chi connectivity index (χ2v) is 7.90. The summed E-state index contributed by atoms with van der Waals surface area (Å²) in [5, 5.41) is 9.41. The van der Waals surface area contributed by atoms with E-state index in [1.165, 1.54) is 0 Å². The van der Waals surface area contributed by atoms with Crippen LogP contribution in [0.1, 0.15) is 58.8 Å². The second-order valence-electron chi connectivity index (χ2n) is 7.90. The summed E-state index contributed by atoms with van der Waals surface area (Å²) in [4.78, 5) is 25.7. The molecule has 2 amide bonds. The van der Waals surface area contributed by atoms with E-state index >= 15 is 0 Å². The number of hydrogen-bond acceptors (Lipinski definition) is 4. The summed E-state index contributed by atoms with van der Waals surface area (Å²) in [6, 6.07) is -0.442. The lowest BCUT2D eigenvalue weighted by atomic mass is 9.74. The number of nitrogens with one attached hydrogen (secondary N) is 3. The summed E-state index contributed by atoms with van der Waals surface area (Å²) in [5.74, 6) is 0.346. The predicted molar refractivity (Wildman–Crippen MR) is 98.2 cm³/mol. The van der Waals surface area contributed by atoms with Crippen LogP contribution in [0.3, 0.4) is 0 Å². The summed E-state index contributed by atoms with van der Waals surface area (Å²) in [5.41, 5.74) is -0.342. The first-order valence-electron chi connectivity index (χ1n) is 9.91. The van der Waals surface area contributed by atoms with Crippen LogP contribution in [-0.2, 0) is 14.3 Å². The lowest BCUT2D eigenvalue weighted by molar-refractivity contribution is -0.137. The van der Waals surface area contributed by atoms with Crippen LogP contribution in [0.2, 0.25) is 0 Å². The van der Waals surface area contributed by atoms with Crippen molar-refractivity contribution in [3.8, 4) is 0 Å². The summed E-state index contributed by atoms with van der Waals surface area (Å²) in [7, 11) is 0. The monoisotopic (exact) mass is 353 g/mol. The van der Waals surface area contributed by atoms with Crippen molar-refractivity contribution in [2.45, 2.75) is 64.8 Å². The van der Waals surface area contributed by atoms with Crippen molar-refractivity contribution in [1.82, 2.24) is 16.0 Å². The molecule has 0 aliphatic carbocycles. The van der Waals surface area contributed by atoms with Crippen molar-refractivity contribution in [2.24, 2.45) is 11.3 Å². The highest BCUT2D eigenvalue weighted by atomic mass is 16.5. The van der Waals surface area contributed by atoms with Gasteiger partial charge in [-0.1, -0.05) is 20.3 Å². The molecule has 2 rings (SSSR count). The van der Waals surface area contributed by atoms with Gasteiger partial charge in [0.05, 0.1) is 5.41 Å². The smallest absolute Gasteiger partial charge is 0.242 e. The van der Waals surface area contributed by atoms with Gasteiger partial charge < -0.3 is 20.7 Å². The van der Waals surface area contributed by atoms with Gasteiger partial charge in [0.1, 0.15) is 6.04 Å². The van der Waals surface area contributed by atoms with E-state index in [2.05, 4.69) is 29.8 Å². The van der Waals surface area contributed by atoms with Gasteiger partial charge in [-0.25, -0.2) is 0 Å². The van der Waals surface area contributed by atoms with E-state index in [4.69, 9.17) is 4.74 Å². The maximum atomic E-state index is 13.1. The van der Waals surface area contributed by atoms with Gasteiger partial charge in [0.15, 0.2) is 0 Å². The molecule has 2 fully saturated rings. The Bertz CT molecular complexity index is 434. The van der Waals surface area contributed by atoms with Crippen LogP contribution in [0.4, 0.5) is 0 Å². The van der Waals surface area contributed by atoms with Crippen molar-refractivity contribution in [3.05, 3.63) is 0 Å². The lowest BCUT2D eigenvalue weighted by Gasteiger charge is -2.37. The zero-order chi connectivity index (χ0) is 18.1. The van der Waals surface area contributed by atoms with Gasteiger partial charge in [-0.15, -0.1) is 0 Å². The number of amides is 2. The minimum absolute atomic E-state index is 0.0628. The molecule has 0 bridgehead atoms. The summed E-state index contributed by atoms with van der Waals surface area (Å²) >= 11 is 0. The molecule has 0 radical (unpaired) electrons. The largest absolute Gasteiger partial charge is 0.381 e. The standard InChI is InChI=1S/C19H35N3O3/c1-15(2)14-16-17(23)21-9-5-13-25-12-4-3-6-19(18(24)22-16)7-10-20-11-8-19/h15-16,20H,3-14H2,1-2H3,(H,21,23)(H,22,24)/t16-/m0/s1. The highest BCUT2D eigenvalue weighted by molar-refractivity contribution is 5.90. The quantitative estimate of drug-likeness (QED) is 0.704. The molecule has 0 aromatic carbocycles. The first kappa shape index (κ1) is 20.2. The third kappa shape index (κ3) is 6.26. The van der Waals surface area contributed by atoms with Crippen LogP contribution in [0, 0.1) is 11.3 Å². The van der Waals surface area contributed by atoms with E-state index in [1.54, 1.807) is 0 Å². The summed E-state index contributed by atoms with van der Waals surface area (Å²) in [6.45, 7) is 7.91. The topological polar surface area (TPSA) is 79.5 Å². The van der Waals surface area contributed by atoms with Gasteiger partial charge in [0.2, 0.25) is 11.8 Å². The van der Waals surface area contributed by atoms with Gasteiger partial charge in [-0.2, -0.15) is 0 Å². The van der Waals surface area contributed by atoms with Crippen LogP contribution in [0.5, 0.6) is 0 Å². The number of ether oxygens (including phenoxy) is 1. The zero-order valence-electron chi connectivity index (χ0n) is 15.9. The Morgan fingerprint density at radius 2 is 1.76 bits per heavy atom. The Kier molecular flexibility index (Phi) is 8.16. The van der Waals surface area contributed by atoms with Crippen molar-refractivity contribution in [1.29, 1.82) is 0 Å². The summed E-state index contributed by atoms with van der Waals surface area (Å²) < 4.78 is 5.64. The highest BCUT2D eigenvalue weighted by Crippen LogP contribution is 2.35. The van der Waals surface area contributed by atoms with E-state index < -0.39 is 6.04 Å². The van der Waals surface area contributed by atoms with Gasteiger partial charge >= 0.3 is 0 Å². The van der Waals surface area contributed by atoms with Crippen LogP contribution in [-0.4, -0.2) is 50.7 Å². The third-order valence-corrected chi connectivity index (χ3v) is 5.33. The fraction of sp³-hybridized carbons (Fsp3) is 0.895. The van der Waals surface area contributed by atoms with E-state index in [0.717, 1.165) is 58.2 Å². The fourth-order valence-electron chi connectivity index (χ4n) is 3.79. The number of rotatable bonds is 2. The van der Waals surface area contributed by atoms with E-state index in [9.17, 15) is 9.59 Å². The van der Waals surface area contributed by atoms with Crippen molar-refractivity contribution in [2.75, 3.05) is 32.8 Å². The number of piperidine rings is 1. The number of carbonyl (C=O) groups is 2. The van der Waals surface area contributed by atoms with Gasteiger partial charge in [-0.3, -0.25) is 9.59 Å². The van der Waals surface area contributed by atoms with Gasteiger partial charge in [0.25, 0.3) is 0 Å². The average Bonchev–Trinajstić information content (AvgIpc) is 2.59. The Morgan fingerprint density at radius 1 is 1.04 bits per heavy atom. The van der Waals surface area contributed by atoms with E-state index in [0.29, 0.717) is 25.5 Å². The molecule has 1 spiro atoms. The number of hydrogen-bond donors (Lipinski definition) is 3. The molecule has 25 heavy (non-hydrogen) atoms. The van der Waals surface area contributed by atoms with Crippen LogP contribution < -0.4 is 16.0 Å². The normalized spacial score (nSPS) is 26.8. The molecule has 0 saturated carbocycles. The zero-order valence-corrected chi connectivity index (χ0v) is 15.9. The third-order valence-electron chi connectivity index (χ3n) is 5.33. The minimum atomic E-state index is -0.442.